The Hall–Kier alpha value is -0.810. The van der Waals surface area contributed by atoms with E-state index in [1.165, 1.54) is 5.56 Å². The van der Waals surface area contributed by atoms with E-state index in [4.69, 9.17) is 35.4 Å². The van der Waals surface area contributed by atoms with Crippen LogP contribution in [0.5, 0.6) is 0 Å². The van der Waals surface area contributed by atoms with Gasteiger partial charge in [0.25, 0.3) is 0 Å². The summed E-state index contributed by atoms with van der Waals surface area (Å²) in [7, 11) is 0. The Labute approximate surface area is 148 Å². The van der Waals surface area contributed by atoms with Gasteiger partial charge >= 0.3 is 0 Å². The molecule has 2 rings (SSSR count). The standard InChI is InChI=1S/C15H13BrCl2N2S/c1-2-9-7-10(16)3-6-13(9)19-15(21)20-14-8-11(17)4-5-12(14)18/h3-8H,2H2,1H3,(H2,19,20,21). The molecule has 0 radical (unpaired) electrons. The summed E-state index contributed by atoms with van der Waals surface area (Å²) in [5, 5.41) is 7.87. The smallest absolute Gasteiger partial charge is 0.175 e. The Bertz CT molecular complexity index is 677. The fourth-order valence-electron chi connectivity index (χ4n) is 1.85. The zero-order valence-electron chi connectivity index (χ0n) is 11.2. The molecule has 0 bridgehead atoms. The Morgan fingerprint density at radius 3 is 2.52 bits per heavy atom. The number of nitrogens with one attached hydrogen (secondary N) is 2. The number of hydrogen-bond donors (Lipinski definition) is 2. The Morgan fingerprint density at radius 1 is 1.10 bits per heavy atom. The molecule has 2 N–H and O–H groups in total. The van der Waals surface area contributed by atoms with Gasteiger partial charge in [0.1, 0.15) is 0 Å². The highest BCUT2D eigenvalue weighted by Crippen LogP contribution is 2.26. The zero-order valence-corrected chi connectivity index (χ0v) is 15.1. The van der Waals surface area contributed by atoms with Crippen LogP contribution in [0, 0.1) is 0 Å². The van der Waals surface area contributed by atoms with Crippen LogP contribution in [0.4, 0.5) is 11.4 Å². The van der Waals surface area contributed by atoms with E-state index >= 15 is 0 Å². The number of anilines is 2. The van der Waals surface area contributed by atoms with Crippen molar-refractivity contribution in [1.29, 1.82) is 0 Å². The van der Waals surface area contributed by atoms with E-state index in [-0.39, 0.29) is 0 Å². The molecule has 0 aliphatic heterocycles. The van der Waals surface area contributed by atoms with Gasteiger partial charge in [0.2, 0.25) is 0 Å². The maximum Gasteiger partial charge on any atom is 0.175 e. The summed E-state index contributed by atoms with van der Waals surface area (Å²) in [5.41, 5.74) is 2.82. The van der Waals surface area contributed by atoms with Gasteiger partial charge < -0.3 is 10.6 Å². The molecular weight excluding hydrogens is 391 g/mol. The van der Waals surface area contributed by atoms with Gasteiger partial charge in [-0.3, -0.25) is 0 Å². The molecule has 110 valence electrons. The summed E-state index contributed by atoms with van der Waals surface area (Å²) in [6, 6.07) is 11.2. The maximum absolute atomic E-state index is 6.11. The molecule has 2 aromatic rings. The Morgan fingerprint density at radius 2 is 1.81 bits per heavy atom. The molecule has 0 aromatic heterocycles. The SMILES string of the molecule is CCc1cc(Br)ccc1NC(=S)Nc1cc(Cl)ccc1Cl. The number of aryl methyl sites for hydroxylation is 1. The predicted octanol–water partition coefficient (Wildman–Crippen LogP) is 6.13. The van der Waals surface area contributed by atoms with Gasteiger partial charge in [0, 0.05) is 15.2 Å². The van der Waals surface area contributed by atoms with Crippen molar-refractivity contribution >= 4 is 67.8 Å². The number of benzene rings is 2. The molecule has 0 heterocycles. The summed E-state index contributed by atoms with van der Waals surface area (Å²) >= 11 is 20.9. The molecule has 0 saturated carbocycles. The molecular formula is C15H13BrCl2N2S. The first-order valence-electron chi connectivity index (χ1n) is 6.31. The van der Waals surface area contributed by atoms with Crippen molar-refractivity contribution in [3.05, 3.63) is 56.5 Å². The van der Waals surface area contributed by atoms with Crippen LogP contribution < -0.4 is 10.6 Å². The van der Waals surface area contributed by atoms with Crippen molar-refractivity contribution in [2.75, 3.05) is 10.6 Å². The van der Waals surface area contributed by atoms with E-state index in [2.05, 4.69) is 39.6 Å². The van der Waals surface area contributed by atoms with Crippen LogP contribution >= 0.6 is 51.3 Å². The number of thiocarbonyl (C=S) groups is 1. The van der Waals surface area contributed by atoms with E-state index < -0.39 is 0 Å². The molecule has 0 unspecified atom stereocenters. The van der Waals surface area contributed by atoms with Crippen LogP contribution in [0.3, 0.4) is 0 Å². The van der Waals surface area contributed by atoms with E-state index in [1.54, 1.807) is 18.2 Å². The molecule has 0 fully saturated rings. The van der Waals surface area contributed by atoms with Gasteiger partial charge in [0.05, 0.1) is 10.7 Å². The van der Waals surface area contributed by atoms with Crippen molar-refractivity contribution < 1.29 is 0 Å². The minimum atomic E-state index is 0.469. The van der Waals surface area contributed by atoms with Crippen LogP contribution in [0.2, 0.25) is 10.0 Å². The fourth-order valence-corrected chi connectivity index (χ4v) is 2.81. The minimum absolute atomic E-state index is 0.469. The van der Waals surface area contributed by atoms with Crippen molar-refractivity contribution in [2.45, 2.75) is 13.3 Å². The van der Waals surface area contributed by atoms with Crippen molar-refractivity contribution in [3.63, 3.8) is 0 Å². The minimum Gasteiger partial charge on any atom is -0.332 e. The van der Waals surface area contributed by atoms with E-state index in [1.807, 2.05) is 12.1 Å². The van der Waals surface area contributed by atoms with Gasteiger partial charge in [-0.1, -0.05) is 46.1 Å². The third kappa shape index (κ3) is 4.58. The highest BCUT2D eigenvalue weighted by Gasteiger charge is 2.07. The van der Waals surface area contributed by atoms with E-state index in [0.29, 0.717) is 20.8 Å². The lowest BCUT2D eigenvalue weighted by molar-refractivity contribution is 1.14. The number of halogens is 3. The molecule has 0 saturated heterocycles. The second-order valence-electron chi connectivity index (χ2n) is 4.36. The van der Waals surface area contributed by atoms with Crippen molar-refractivity contribution in [3.8, 4) is 0 Å². The summed E-state index contributed by atoms with van der Waals surface area (Å²) < 4.78 is 1.04. The lowest BCUT2D eigenvalue weighted by atomic mass is 10.1. The van der Waals surface area contributed by atoms with E-state index in [0.717, 1.165) is 16.6 Å². The predicted molar refractivity (Wildman–Crippen MR) is 99.8 cm³/mol. The van der Waals surface area contributed by atoms with Gasteiger partial charge in [-0.2, -0.15) is 0 Å². The molecule has 2 nitrogen and oxygen atoms in total. The Kier molecular flexibility index (Phi) is 5.88. The van der Waals surface area contributed by atoms with Crippen LogP contribution in [-0.4, -0.2) is 5.11 Å². The first kappa shape index (κ1) is 16.6. The quantitative estimate of drug-likeness (QED) is 0.603. The average Bonchev–Trinajstić information content (AvgIpc) is 2.44. The van der Waals surface area contributed by atoms with Gasteiger partial charge in [-0.25, -0.2) is 0 Å². The normalized spacial score (nSPS) is 10.3. The largest absolute Gasteiger partial charge is 0.332 e. The molecule has 6 heteroatoms. The molecule has 0 spiro atoms. The molecule has 0 amide bonds. The molecule has 2 aromatic carbocycles. The van der Waals surface area contributed by atoms with Gasteiger partial charge in [0.15, 0.2) is 5.11 Å². The number of hydrogen-bond acceptors (Lipinski definition) is 1. The second kappa shape index (κ2) is 7.45. The summed E-state index contributed by atoms with van der Waals surface area (Å²) in [6.07, 6.45) is 0.905. The number of rotatable bonds is 3. The monoisotopic (exact) mass is 402 g/mol. The fraction of sp³-hybridized carbons (Fsp3) is 0.133. The van der Waals surface area contributed by atoms with Crippen molar-refractivity contribution in [2.24, 2.45) is 0 Å². The lowest BCUT2D eigenvalue weighted by Crippen LogP contribution is -2.20. The van der Waals surface area contributed by atoms with Gasteiger partial charge in [-0.15, -0.1) is 0 Å². The molecule has 0 atom stereocenters. The van der Waals surface area contributed by atoms with Crippen LogP contribution in [0.25, 0.3) is 0 Å². The summed E-state index contributed by atoms with van der Waals surface area (Å²) in [5.74, 6) is 0. The van der Waals surface area contributed by atoms with Crippen LogP contribution in [0.15, 0.2) is 40.9 Å². The maximum atomic E-state index is 6.11. The lowest BCUT2D eigenvalue weighted by Gasteiger charge is -2.14. The van der Waals surface area contributed by atoms with Crippen LogP contribution in [-0.2, 0) is 6.42 Å². The zero-order chi connectivity index (χ0) is 15.4. The van der Waals surface area contributed by atoms with Crippen molar-refractivity contribution in [1.82, 2.24) is 0 Å². The Balaban J connectivity index is 2.13. The topological polar surface area (TPSA) is 24.1 Å². The van der Waals surface area contributed by atoms with Gasteiger partial charge in [-0.05, 0) is 60.6 Å². The molecule has 21 heavy (non-hydrogen) atoms. The summed E-state index contributed by atoms with van der Waals surface area (Å²) in [6.45, 7) is 2.09. The van der Waals surface area contributed by atoms with E-state index in [9.17, 15) is 0 Å². The third-order valence-corrected chi connectivity index (χ3v) is 4.14. The molecule has 0 aliphatic carbocycles. The first-order valence-corrected chi connectivity index (χ1v) is 8.26. The summed E-state index contributed by atoms with van der Waals surface area (Å²) in [4.78, 5) is 0. The average molecular weight is 404 g/mol. The highest BCUT2D eigenvalue weighted by atomic mass is 79.9. The highest BCUT2D eigenvalue weighted by molar-refractivity contribution is 9.10. The van der Waals surface area contributed by atoms with Crippen LogP contribution in [0.1, 0.15) is 12.5 Å². The molecule has 0 aliphatic rings. The second-order valence-corrected chi connectivity index (χ2v) is 6.53. The third-order valence-electron chi connectivity index (χ3n) is 2.87. The first-order chi connectivity index (χ1) is 9.99.